The molecular formula is C17H16ClN3O2. The van der Waals surface area contributed by atoms with Gasteiger partial charge in [0.1, 0.15) is 17.9 Å². The maximum Gasteiger partial charge on any atom is 0.326 e. The van der Waals surface area contributed by atoms with Gasteiger partial charge in [-0.2, -0.15) is 0 Å². The van der Waals surface area contributed by atoms with E-state index < -0.39 is 0 Å². The molecule has 0 aliphatic heterocycles. The van der Waals surface area contributed by atoms with Crippen LogP contribution in [0.5, 0.6) is 0 Å². The highest BCUT2D eigenvalue weighted by Crippen LogP contribution is 2.25. The van der Waals surface area contributed by atoms with Crippen molar-refractivity contribution in [2.75, 3.05) is 0 Å². The molecule has 5 nitrogen and oxygen atoms in total. The lowest BCUT2D eigenvalue weighted by molar-refractivity contribution is -0.148. The monoisotopic (exact) mass is 329 g/mol. The summed E-state index contributed by atoms with van der Waals surface area (Å²) in [4.78, 5) is 21.0. The van der Waals surface area contributed by atoms with E-state index in [9.17, 15) is 4.79 Å². The van der Waals surface area contributed by atoms with Gasteiger partial charge in [0.15, 0.2) is 5.65 Å². The van der Waals surface area contributed by atoms with E-state index in [1.165, 1.54) is 0 Å². The van der Waals surface area contributed by atoms with Gasteiger partial charge in [-0.15, -0.1) is 0 Å². The highest BCUT2D eigenvalue weighted by Gasteiger charge is 2.17. The SMILES string of the molecule is CC(C)OC(=O)Cn1c(-c2ccc(Cl)cc2)nc2cccnc21. The molecule has 2 heterocycles. The number of benzene rings is 1. The van der Waals surface area contributed by atoms with Crippen molar-refractivity contribution in [3.63, 3.8) is 0 Å². The highest BCUT2D eigenvalue weighted by molar-refractivity contribution is 6.30. The number of hydrogen-bond donors (Lipinski definition) is 0. The predicted octanol–water partition coefficient (Wildman–Crippen LogP) is 3.70. The van der Waals surface area contributed by atoms with Gasteiger partial charge < -0.3 is 4.74 Å². The minimum Gasteiger partial charge on any atom is -0.462 e. The second kappa shape index (κ2) is 6.38. The van der Waals surface area contributed by atoms with Crippen LogP contribution in [0, 0.1) is 0 Å². The molecule has 0 aliphatic carbocycles. The lowest BCUT2D eigenvalue weighted by Crippen LogP contribution is -2.18. The zero-order valence-corrected chi connectivity index (χ0v) is 13.6. The molecule has 118 valence electrons. The van der Waals surface area contributed by atoms with Gasteiger partial charge in [-0.25, -0.2) is 9.97 Å². The molecular weight excluding hydrogens is 314 g/mol. The van der Waals surface area contributed by atoms with E-state index in [-0.39, 0.29) is 18.6 Å². The van der Waals surface area contributed by atoms with E-state index in [2.05, 4.69) is 9.97 Å². The number of carbonyl (C=O) groups is 1. The Labute approximate surface area is 138 Å². The smallest absolute Gasteiger partial charge is 0.326 e. The molecule has 23 heavy (non-hydrogen) atoms. The Kier molecular flexibility index (Phi) is 4.30. The van der Waals surface area contributed by atoms with E-state index >= 15 is 0 Å². The summed E-state index contributed by atoms with van der Waals surface area (Å²) in [6.07, 6.45) is 1.52. The summed E-state index contributed by atoms with van der Waals surface area (Å²) in [6.45, 7) is 3.70. The van der Waals surface area contributed by atoms with E-state index in [0.29, 0.717) is 16.5 Å². The summed E-state index contributed by atoms with van der Waals surface area (Å²) in [5, 5.41) is 0.647. The van der Waals surface area contributed by atoms with Crippen molar-refractivity contribution in [3.05, 3.63) is 47.6 Å². The Hall–Kier alpha value is -2.40. The molecule has 1 aromatic carbocycles. The summed E-state index contributed by atoms with van der Waals surface area (Å²) in [6, 6.07) is 11.0. The van der Waals surface area contributed by atoms with Crippen LogP contribution in [-0.2, 0) is 16.1 Å². The third kappa shape index (κ3) is 3.35. The summed E-state index contributed by atoms with van der Waals surface area (Å²) in [7, 11) is 0. The van der Waals surface area contributed by atoms with E-state index in [4.69, 9.17) is 16.3 Å². The standard InChI is InChI=1S/C17H16ClN3O2/c1-11(2)23-15(22)10-21-16(12-5-7-13(18)8-6-12)20-14-4-3-9-19-17(14)21/h3-9,11H,10H2,1-2H3. The molecule has 3 aromatic rings. The molecule has 0 unspecified atom stereocenters. The molecule has 2 aromatic heterocycles. The van der Waals surface area contributed by atoms with Crippen LogP contribution in [-0.4, -0.2) is 26.6 Å². The molecule has 6 heteroatoms. The Bertz CT molecular complexity index is 841. The zero-order valence-electron chi connectivity index (χ0n) is 12.9. The maximum absolute atomic E-state index is 12.1. The number of rotatable bonds is 4. The molecule has 0 radical (unpaired) electrons. The number of ether oxygens (including phenoxy) is 1. The molecule has 0 amide bonds. The third-order valence-electron chi connectivity index (χ3n) is 3.26. The first-order chi connectivity index (χ1) is 11.0. The number of pyridine rings is 1. The molecule has 0 saturated heterocycles. The Balaban J connectivity index is 2.07. The minimum atomic E-state index is -0.319. The largest absolute Gasteiger partial charge is 0.462 e. The first kappa shape index (κ1) is 15.5. The number of hydrogen-bond acceptors (Lipinski definition) is 4. The van der Waals surface area contributed by atoms with Crippen LogP contribution in [0.1, 0.15) is 13.8 Å². The maximum atomic E-state index is 12.1. The first-order valence-corrected chi connectivity index (χ1v) is 7.69. The van der Waals surface area contributed by atoms with Crippen molar-refractivity contribution in [2.24, 2.45) is 0 Å². The third-order valence-corrected chi connectivity index (χ3v) is 3.51. The van der Waals surface area contributed by atoms with Crippen LogP contribution in [0.15, 0.2) is 42.6 Å². The van der Waals surface area contributed by atoms with E-state index in [0.717, 1.165) is 11.1 Å². The van der Waals surface area contributed by atoms with Gasteiger partial charge in [0.2, 0.25) is 0 Å². The van der Waals surface area contributed by atoms with Crippen LogP contribution in [0.2, 0.25) is 5.02 Å². The average molecular weight is 330 g/mol. The van der Waals surface area contributed by atoms with Gasteiger partial charge in [-0.1, -0.05) is 11.6 Å². The fraction of sp³-hybridized carbons (Fsp3) is 0.235. The Morgan fingerprint density at radius 3 is 2.70 bits per heavy atom. The van der Waals surface area contributed by atoms with Crippen LogP contribution >= 0.6 is 11.6 Å². The van der Waals surface area contributed by atoms with Crippen LogP contribution in [0.4, 0.5) is 0 Å². The minimum absolute atomic E-state index is 0.0592. The molecule has 0 aliphatic rings. The first-order valence-electron chi connectivity index (χ1n) is 7.31. The molecule has 3 rings (SSSR count). The van der Waals surface area contributed by atoms with Crippen molar-refractivity contribution < 1.29 is 9.53 Å². The lowest BCUT2D eigenvalue weighted by atomic mass is 10.2. The van der Waals surface area contributed by atoms with Gasteiger partial charge in [0.25, 0.3) is 0 Å². The van der Waals surface area contributed by atoms with Crippen LogP contribution in [0.25, 0.3) is 22.6 Å². The van der Waals surface area contributed by atoms with Gasteiger partial charge in [-0.3, -0.25) is 9.36 Å². The highest BCUT2D eigenvalue weighted by atomic mass is 35.5. The molecule has 0 saturated carbocycles. The number of nitrogens with zero attached hydrogens (tertiary/aromatic N) is 3. The van der Waals surface area contributed by atoms with Crippen molar-refractivity contribution in [2.45, 2.75) is 26.5 Å². The molecule has 0 spiro atoms. The van der Waals surface area contributed by atoms with Crippen LogP contribution < -0.4 is 0 Å². The molecule has 0 bridgehead atoms. The van der Waals surface area contributed by atoms with Crippen molar-refractivity contribution >= 4 is 28.7 Å². The Morgan fingerprint density at radius 1 is 1.26 bits per heavy atom. The molecule has 0 atom stereocenters. The van der Waals surface area contributed by atoms with Gasteiger partial charge >= 0.3 is 5.97 Å². The topological polar surface area (TPSA) is 57.0 Å². The van der Waals surface area contributed by atoms with Crippen LogP contribution in [0.3, 0.4) is 0 Å². The summed E-state index contributed by atoms with van der Waals surface area (Å²) in [5.41, 5.74) is 2.25. The number of fused-ring (bicyclic) bond motifs is 1. The van der Waals surface area contributed by atoms with Gasteiger partial charge in [0, 0.05) is 16.8 Å². The number of esters is 1. The predicted molar refractivity (Wildman–Crippen MR) is 89.2 cm³/mol. The Morgan fingerprint density at radius 2 is 2.00 bits per heavy atom. The van der Waals surface area contributed by atoms with E-state index in [1.807, 2.05) is 38.1 Å². The number of aromatic nitrogens is 3. The summed E-state index contributed by atoms with van der Waals surface area (Å²) in [5.74, 6) is 0.344. The molecule has 0 fully saturated rings. The van der Waals surface area contributed by atoms with Crippen molar-refractivity contribution in [1.29, 1.82) is 0 Å². The number of halogens is 1. The fourth-order valence-electron chi connectivity index (χ4n) is 2.36. The second-order valence-corrected chi connectivity index (χ2v) is 5.85. The van der Waals surface area contributed by atoms with Gasteiger partial charge in [0.05, 0.1) is 6.10 Å². The van der Waals surface area contributed by atoms with E-state index in [1.54, 1.807) is 22.9 Å². The molecule has 0 N–H and O–H groups in total. The average Bonchev–Trinajstić information content (AvgIpc) is 2.86. The zero-order chi connectivity index (χ0) is 16.4. The summed E-state index contributed by atoms with van der Waals surface area (Å²) >= 11 is 5.95. The number of imidazole rings is 1. The summed E-state index contributed by atoms with van der Waals surface area (Å²) < 4.78 is 7.01. The van der Waals surface area contributed by atoms with Crippen molar-refractivity contribution in [3.8, 4) is 11.4 Å². The second-order valence-electron chi connectivity index (χ2n) is 5.41. The number of carbonyl (C=O) groups excluding carboxylic acids is 1. The fourth-order valence-corrected chi connectivity index (χ4v) is 2.48. The van der Waals surface area contributed by atoms with Gasteiger partial charge in [-0.05, 0) is 50.2 Å². The quantitative estimate of drug-likeness (QED) is 0.685. The lowest BCUT2D eigenvalue weighted by Gasteiger charge is -2.11. The normalized spacial score (nSPS) is 11.1. The van der Waals surface area contributed by atoms with Crippen molar-refractivity contribution in [1.82, 2.24) is 14.5 Å².